The van der Waals surface area contributed by atoms with Crippen molar-refractivity contribution in [2.24, 2.45) is 0 Å². The molecule has 1 aliphatic rings. The van der Waals surface area contributed by atoms with Gasteiger partial charge in [0.15, 0.2) is 5.16 Å². The zero-order chi connectivity index (χ0) is 24.2. The minimum absolute atomic E-state index is 0.0993. The van der Waals surface area contributed by atoms with Crippen LogP contribution in [-0.2, 0) is 4.74 Å². The van der Waals surface area contributed by atoms with Crippen molar-refractivity contribution in [3.05, 3.63) is 36.0 Å². The molecule has 1 aromatic carbocycles. The van der Waals surface area contributed by atoms with Crippen molar-refractivity contribution < 1.29 is 19.1 Å². The largest absolute Gasteiger partial charge is 0.487 e. The van der Waals surface area contributed by atoms with E-state index in [-0.39, 0.29) is 24.2 Å². The van der Waals surface area contributed by atoms with Gasteiger partial charge in [-0.25, -0.2) is 14.8 Å². The Kier molecular flexibility index (Phi) is 7.68. The number of rotatable bonds is 6. The number of amides is 2. The van der Waals surface area contributed by atoms with Gasteiger partial charge in [-0.1, -0.05) is 17.8 Å². The molecule has 10 heteroatoms. The van der Waals surface area contributed by atoms with Crippen LogP contribution in [0.3, 0.4) is 0 Å². The molecule has 1 atom stereocenters. The number of fused-ring (bicyclic) bond motifs is 1. The molecule has 33 heavy (non-hydrogen) atoms. The van der Waals surface area contributed by atoms with E-state index in [1.807, 2.05) is 70.2 Å². The van der Waals surface area contributed by atoms with Crippen LogP contribution in [0, 0.1) is 0 Å². The van der Waals surface area contributed by atoms with Gasteiger partial charge >= 0.3 is 6.09 Å². The highest BCUT2D eigenvalue weighted by molar-refractivity contribution is 7.98. The number of likely N-dealkylation sites (N-methyl/N-ethyl adjacent to an activating group) is 1. The standard InChI is InChI=1S/C23H31N5O4S/c1-15(14-31-22(30)26-23(2,3)4)32-17-9-7-8-16(12-17)28-11-10-27(5)19-18(20(28)29)13-24-21(25-19)33-6/h7-9,12-13,15H,10-11,14H2,1-6H3,(H,26,30). The summed E-state index contributed by atoms with van der Waals surface area (Å²) in [7, 11) is 1.92. The Morgan fingerprint density at radius 3 is 2.76 bits per heavy atom. The van der Waals surface area contributed by atoms with Gasteiger partial charge in [0.1, 0.15) is 29.8 Å². The Balaban J connectivity index is 1.71. The van der Waals surface area contributed by atoms with E-state index in [4.69, 9.17) is 9.47 Å². The first-order valence-electron chi connectivity index (χ1n) is 10.7. The molecule has 2 heterocycles. The Morgan fingerprint density at radius 1 is 1.30 bits per heavy atom. The second kappa shape index (κ2) is 10.3. The van der Waals surface area contributed by atoms with Gasteiger partial charge in [0.25, 0.3) is 5.91 Å². The Labute approximate surface area is 198 Å². The number of benzene rings is 1. The Hall–Kier alpha value is -3.01. The van der Waals surface area contributed by atoms with Gasteiger partial charge in [0.05, 0.1) is 0 Å². The minimum atomic E-state index is -0.489. The number of ether oxygens (including phenoxy) is 2. The minimum Gasteiger partial charge on any atom is -0.487 e. The lowest BCUT2D eigenvalue weighted by molar-refractivity contribution is 0.0857. The molecule has 0 radical (unpaired) electrons. The zero-order valence-corrected chi connectivity index (χ0v) is 20.7. The summed E-state index contributed by atoms with van der Waals surface area (Å²) < 4.78 is 11.2. The third kappa shape index (κ3) is 6.50. The lowest BCUT2D eigenvalue weighted by Crippen LogP contribution is -2.41. The maximum atomic E-state index is 13.3. The quantitative estimate of drug-likeness (QED) is 0.502. The highest BCUT2D eigenvalue weighted by Crippen LogP contribution is 2.29. The van der Waals surface area contributed by atoms with Gasteiger partial charge in [0, 0.05) is 43.6 Å². The summed E-state index contributed by atoms with van der Waals surface area (Å²) in [5, 5.41) is 3.37. The number of aromatic nitrogens is 2. The number of hydrogen-bond acceptors (Lipinski definition) is 8. The Bertz CT molecular complexity index is 1010. The normalized spacial score (nSPS) is 14.9. The summed E-state index contributed by atoms with van der Waals surface area (Å²) in [6, 6.07) is 7.32. The maximum absolute atomic E-state index is 13.3. The molecule has 178 valence electrons. The Morgan fingerprint density at radius 2 is 2.06 bits per heavy atom. The molecule has 1 N–H and O–H groups in total. The lowest BCUT2D eigenvalue weighted by atomic mass is 10.1. The first kappa shape index (κ1) is 24.6. The van der Waals surface area contributed by atoms with Crippen molar-refractivity contribution in [3.8, 4) is 5.75 Å². The number of carbonyl (C=O) groups is 2. The highest BCUT2D eigenvalue weighted by Gasteiger charge is 2.28. The van der Waals surface area contributed by atoms with E-state index < -0.39 is 6.09 Å². The lowest BCUT2D eigenvalue weighted by Gasteiger charge is -2.23. The van der Waals surface area contributed by atoms with Crippen molar-refractivity contribution in [2.45, 2.75) is 44.5 Å². The molecule has 2 amide bonds. The van der Waals surface area contributed by atoms with Crippen LogP contribution in [0.25, 0.3) is 0 Å². The van der Waals surface area contributed by atoms with Crippen molar-refractivity contribution in [3.63, 3.8) is 0 Å². The van der Waals surface area contributed by atoms with E-state index in [0.717, 1.165) is 0 Å². The van der Waals surface area contributed by atoms with E-state index in [2.05, 4.69) is 15.3 Å². The van der Waals surface area contributed by atoms with Crippen molar-refractivity contribution in [1.29, 1.82) is 0 Å². The van der Waals surface area contributed by atoms with Crippen LogP contribution in [-0.4, -0.2) is 66.6 Å². The van der Waals surface area contributed by atoms with Crippen LogP contribution >= 0.6 is 11.8 Å². The fourth-order valence-electron chi connectivity index (χ4n) is 3.27. The molecule has 0 aliphatic carbocycles. The monoisotopic (exact) mass is 473 g/mol. The van der Waals surface area contributed by atoms with Crippen molar-refractivity contribution >= 4 is 35.3 Å². The first-order valence-corrected chi connectivity index (χ1v) is 12.0. The summed E-state index contributed by atoms with van der Waals surface area (Å²) in [5.41, 5.74) is 0.807. The molecule has 1 aliphatic heterocycles. The molecule has 0 saturated heterocycles. The number of nitrogens with one attached hydrogen (secondary N) is 1. The molecule has 0 fully saturated rings. The number of thioether (sulfide) groups is 1. The van der Waals surface area contributed by atoms with E-state index in [0.29, 0.717) is 41.1 Å². The smallest absolute Gasteiger partial charge is 0.407 e. The van der Waals surface area contributed by atoms with Crippen LogP contribution in [0.1, 0.15) is 38.1 Å². The van der Waals surface area contributed by atoms with Crippen LogP contribution in [0.2, 0.25) is 0 Å². The third-order valence-electron chi connectivity index (χ3n) is 4.82. The predicted octanol–water partition coefficient (Wildman–Crippen LogP) is 3.59. The average Bonchev–Trinajstić information content (AvgIpc) is 2.87. The van der Waals surface area contributed by atoms with Gasteiger partial charge in [-0.15, -0.1) is 0 Å². The molecule has 1 unspecified atom stereocenters. The SMILES string of the molecule is CSc1ncc2c(n1)N(C)CCN(c1cccc(OC(C)COC(=O)NC(C)(C)C)c1)C2=O. The van der Waals surface area contributed by atoms with Crippen LogP contribution in [0.4, 0.5) is 16.3 Å². The first-order chi connectivity index (χ1) is 15.6. The molecule has 0 saturated carbocycles. The van der Waals surface area contributed by atoms with Gasteiger partial charge in [-0.3, -0.25) is 4.79 Å². The molecular formula is C23H31N5O4S. The van der Waals surface area contributed by atoms with Gasteiger partial charge < -0.3 is 24.6 Å². The summed E-state index contributed by atoms with van der Waals surface area (Å²) in [6.45, 7) is 8.69. The summed E-state index contributed by atoms with van der Waals surface area (Å²) >= 11 is 1.44. The molecule has 9 nitrogen and oxygen atoms in total. The molecule has 0 bridgehead atoms. The second-order valence-corrected chi connectivity index (χ2v) is 9.65. The van der Waals surface area contributed by atoms with Crippen LogP contribution in [0.15, 0.2) is 35.6 Å². The van der Waals surface area contributed by atoms with Crippen LogP contribution in [0.5, 0.6) is 5.75 Å². The second-order valence-electron chi connectivity index (χ2n) is 8.87. The molecule has 3 rings (SSSR count). The summed E-state index contributed by atoms with van der Waals surface area (Å²) in [4.78, 5) is 37.7. The number of anilines is 2. The molecule has 2 aromatic rings. The van der Waals surface area contributed by atoms with E-state index in [1.54, 1.807) is 11.1 Å². The van der Waals surface area contributed by atoms with Crippen molar-refractivity contribution in [2.75, 3.05) is 42.8 Å². The predicted molar refractivity (Wildman–Crippen MR) is 130 cm³/mol. The number of nitrogens with zero attached hydrogens (tertiary/aromatic N) is 4. The highest BCUT2D eigenvalue weighted by atomic mass is 32.2. The summed E-state index contributed by atoms with van der Waals surface area (Å²) in [6.07, 6.45) is 2.64. The van der Waals surface area contributed by atoms with Gasteiger partial charge in [-0.05, 0) is 46.1 Å². The molecule has 0 spiro atoms. The maximum Gasteiger partial charge on any atom is 0.407 e. The number of alkyl carbamates (subject to hydrolysis) is 1. The third-order valence-corrected chi connectivity index (χ3v) is 5.38. The fraction of sp³-hybridized carbons (Fsp3) is 0.478. The van der Waals surface area contributed by atoms with Gasteiger partial charge in [0.2, 0.25) is 0 Å². The zero-order valence-electron chi connectivity index (χ0n) is 19.9. The topological polar surface area (TPSA) is 96.9 Å². The average molecular weight is 474 g/mol. The summed E-state index contributed by atoms with van der Waals surface area (Å²) in [5.74, 6) is 1.06. The fourth-order valence-corrected chi connectivity index (χ4v) is 3.61. The number of carbonyl (C=O) groups excluding carboxylic acids is 2. The van der Waals surface area contributed by atoms with Crippen LogP contribution < -0.4 is 19.9 Å². The molecular weight excluding hydrogens is 442 g/mol. The number of hydrogen-bond donors (Lipinski definition) is 1. The van der Waals surface area contributed by atoms with E-state index >= 15 is 0 Å². The molecule has 1 aromatic heterocycles. The van der Waals surface area contributed by atoms with Gasteiger partial charge in [-0.2, -0.15) is 0 Å². The van der Waals surface area contributed by atoms with E-state index in [9.17, 15) is 9.59 Å². The van der Waals surface area contributed by atoms with Crippen molar-refractivity contribution in [1.82, 2.24) is 15.3 Å². The van der Waals surface area contributed by atoms with E-state index in [1.165, 1.54) is 11.8 Å².